The summed E-state index contributed by atoms with van der Waals surface area (Å²) < 4.78 is 7.03. The molecular formula is C24H30N4O3. The van der Waals surface area contributed by atoms with Gasteiger partial charge in [0, 0.05) is 13.0 Å². The van der Waals surface area contributed by atoms with Gasteiger partial charge < -0.3 is 15.2 Å². The Balaban J connectivity index is 1.62. The van der Waals surface area contributed by atoms with Gasteiger partial charge in [-0.3, -0.25) is 9.69 Å². The number of para-hydroxylation sites is 1. The number of carbonyl (C=O) groups is 1. The molecule has 2 aromatic carbocycles. The first kappa shape index (κ1) is 22.5. The molecule has 0 radical (unpaired) electrons. The fourth-order valence-corrected chi connectivity index (χ4v) is 3.61. The number of anilines is 1. The molecule has 0 aliphatic carbocycles. The van der Waals surface area contributed by atoms with Crippen LogP contribution in [0.15, 0.2) is 54.6 Å². The van der Waals surface area contributed by atoms with E-state index in [0.29, 0.717) is 13.0 Å². The lowest BCUT2D eigenvalue weighted by Gasteiger charge is -2.26. The van der Waals surface area contributed by atoms with E-state index in [1.54, 1.807) is 7.11 Å². The molecule has 164 valence electrons. The molecule has 3 rings (SSSR count). The third-order valence-corrected chi connectivity index (χ3v) is 5.45. The van der Waals surface area contributed by atoms with Crippen LogP contribution in [0.5, 0.6) is 5.75 Å². The molecule has 0 saturated carbocycles. The van der Waals surface area contributed by atoms with Crippen LogP contribution in [0.3, 0.4) is 0 Å². The molecule has 2 N–H and O–H groups in total. The lowest BCUT2D eigenvalue weighted by atomic mass is 10.1. The van der Waals surface area contributed by atoms with Crippen LogP contribution in [0, 0.1) is 13.8 Å². The Labute approximate surface area is 183 Å². The van der Waals surface area contributed by atoms with Gasteiger partial charge in [0.2, 0.25) is 5.91 Å². The van der Waals surface area contributed by atoms with Crippen molar-refractivity contribution in [1.29, 1.82) is 0 Å². The molecule has 1 aromatic heterocycles. The molecule has 7 nitrogen and oxygen atoms in total. The van der Waals surface area contributed by atoms with Crippen LogP contribution in [0.4, 0.5) is 5.69 Å². The van der Waals surface area contributed by atoms with E-state index in [1.807, 2.05) is 85.1 Å². The quantitative estimate of drug-likeness (QED) is 0.552. The van der Waals surface area contributed by atoms with Gasteiger partial charge >= 0.3 is 0 Å². The van der Waals surface area contributed by atoms with Crippen molar-refractivity contribution in [3.63, 3.8) is 0 Å². The highest BCUT2D eigenvalue weighted by Crippen LogP contribution is 2.24. The zero-order valence-electron chi connectivity index (χ0n) is 18.5. The van der Waals surface area contributed by atoms with Crippen molar-refractivity contribution >= 4 is 11.6 Å². The SMILES string of the molecule is COc1ccc(C(CO)N(C)CCC(=O)Nc2c(C)nn(-c3ccccc3)c2C)cc1. The molecule has 1 atom stereocenters. The minimum atomic E-state index is -0.192. The summed E-state index contributed by atoms with van der Waals surface area (Å²) in [7, 11) is 3.53. The second-order valence-corrected chi connectivity index (χ2v) is 7.54. The second kappa shape index (κ2) is 10.2. The van der Waals surface area contributed by atoms with Crippen LogP contribution in [0.1, 0.15) is 29.4 Å². The number of ether oxygens (including phenoxy) is 1. The minimum absolute atomic E-state index is 0.0352. The number of aryl methyl sites for hydroxylation is 1. The summed E-state index contributed by atoms with van der Waals surface area (Å²) in [4.78, 5) is 14.6. The van der Waals surface area contributed by atoms with Crippen LogP contribution in [-0.4, -0.2) is 53.0 Å². The van der Waals surface area contributed by atoms with Crippen molar-refractivity contribution in [2.24, 2.45) is 0 Å². The highest BCUT2D eigenvalue weighted by Gasteiger charge is 2.19. The average molecular weight is 423 g/mol. The lowest BCUT2D eigenvalue weighted by Crippen LogP contribution is -2.30. The summed E-state index contributed by atoms with van der Waals surface area (Å²) in [6.45, 7) is 4.31. The molecule has 0 aliphatic heterocycles. The highest BCUT2D eigenvalue weighted by molar-refractivity contribution is 5.92. The third-order valence-electron chi connectivity index (χ3n) is 5.45. The number of methoxy groups -OCH3 is 1. The predicted octanol–water partition coefficient (Wildman–Crippen LogP) is 3.49. The van der Waals surface area contributed by atoms with E-state index in [-0.39, 0.29) is 18.6 Å². The number of rotatable bonds is 9. The Morgan fingerprint density at radius 2 is 1.84 bits per heavy atom. The largest absolute Gasteiger partial charge is 0.497 e. The Kier molecular flexibility index (Phi) is 7.44. The Hall–Kier alpha value is -3.16. The fourth-order valence-electron chi connectivity index (χ4n) is 3.61. The zero-order valence-corrected chi connectivity index (χ0v) is 18.5. The number of aromatic nitrogens is 2. The fraction of sp³-hybridized carbons (Fsp3) is 0.333. The topological polar surface area (TPSA) is 79.6 Å². The van der Waals surface area contributed by atoms with E-state index in [4.69, 9.17) is 4.74 Å². The molecule has 1 unspecified atom stereocenters. The number of hydrogen-bond acceptors (Lipinski definition) is 5. The van der Waals surface area contributed by atoms with Crippen LogP contribution < -0.4 is 10.1 Å². The van der Waals surface area contributed by atoms with E-state index in [2.05, 4.69) is 10.4 Å². The lowest BCUT2D eigenvalue weighted by molar-refractivity contribution is -0.116. The molecule has 1 amide bonds. The molecule has 0 saturated heterocycles. The summed E-state index contributed by atoms with van der Waals surface area (Å²) >= 11 is 0. The molecule has 0 aliphatic rings. The first-order valence-corrected chi connectivity index (χ1v) is 10.3. The number of benzene rings is 2. The summed E-state index contributed by atoms with van der Waals surface area (Å²) in [6.07, 6.45) is 0.304. The summed E-state index contributed by atoms with van der Waals surface area (Å²) in [5.74, 6) is 0.682. The summed E-state index contributed by atoms with van der Waals surface area (Å²) in [5.41, 5.74) is 4.33. The standard InChI is InChI=1S/C24H30N4O3/c1-17-24(18(2)28(26-17)20-8-6-5-7-9-20)25-23(30)14-15-27(3)22(16-29)19-10-12-21(31-4)13-11-19/h5-13,22,29H,14-16H2,1-4H3,(H,25,30). The van der Waals surface area contributed by atoms with Crippen LogP contribution in [0.2, 0.25) is 0 Å². The highest BCUT2D eigenvalue weighted by atomic mass is 16.5. The Bertz CT molecular complexity index is 1000. The van der Waals surface area contributed by atoms with E-state index < -0.39 is 0 Å². The monoisotopic (exact) mass is 422 g/mol. The average Bonchev–Trinajstić information content (AvgIpc) is 3.07. The van der Waals surface area contributed by atoms with E-state index in [0.717, 1.165) is 34.1 Å². The van der Waals surface area contributed by atoms with Gasteiger partial charge in [-0.2, -0.15) is 5.10 Å². The number of amides is 1. The molecule has 0 bridgehead atoms. The molecule has 0 fully saturated rings. The van der Waals surface area contributed by atoms with Crippen molar-refractivity contribution < 1.29 is 14.6 Å². The van der Waals surface area contributed by atoms with Crippen molar-refractivity contribution in [1.82, 2.24) is 14.7 Å². The molecule has 0 spiro atoms. The predicted molar refractivity (Wildman–Crippen MR) is 122 cm³/mol. The first-order valence-electron chi connectivity index (χ1n) is 10.3. The molecule has 3 aromatic rings. The number of nitrogens with one attached hydrogen (secondary N) is 1. The summed E-state index contributed by atoms with van der Waals surface area (Å²) in [5, 5.41) is 17.5. The zero-order chi connectivity index (χ0) is 22.4. The molecule has 31 heavy (non-hydrogen) atoms. The second-order valence-electron chi connectivity index (χ2n) is 7.54. The van der Waals surface area contributed by atoms with Gasteiger partial charge in [-0.15, -0.1) is 0 Å². The van der Waals surface area contributed by atoms with Gasteiger partial charge in [-0.05, 0) is 50.7 Å². The number of hydrogen-bond donors (Lipinski definition) is 2. The van der Waals surface area contributed by atoms with Crippen LogP contribution in [0.25, 0.3) is 5.69 Å². The first-order chi connectivity index (χ1) is 14.9. The minimum Gasteiger partial charge on any atom is -0.497 e. The number of aliphatic hydroxyl groups is 1. The van der Waals surface area contributed by atoms with Gasteiger partial charge in [-0.1, -0.05) is 30.3 Å². The van der Waals surface area contributed by atoms with Gasteiger partial charge in [0.25, 0.3) is 0 Å². The van der Waals surface area contributed by atoms with Crippen molar-refractivity contribution in [2.75, 3.05) is 32.6 Å². The molecule has 1 heterocycles. The smallest absolute Gasteiger partial charge is 0.225 e. The third kappa shape index (κ3) is 5.31. The number of nitrogens with zero attached hydrogens (tertiary/aromatic N) is 3. The normalized spacial score (nSPS) is 12.1. The maximum absolute atomic E-state index is 12.6. The molecule has 7 heteroatoms. The van der Waals surface area contributed by atoms with E-state index in [1.165, 1.54) is 0 Å². The number of likely N-dealkylation sites (N-methyl/N-ethyl adjacent to an activating group) is 1. The van der Waals surface area contributed by atoms with Gasteiger partial charge in [0.05, 0.1) is 42.5 Å². The van der Waals surface area contributed by atoms with Crippen LogP contribution >= 0.6 is 0 Å². The Morgan fingerprint density at radius 1 is 1.16 bits per heavy atom. The van der Waals surface area contributed by atoms with Gasteiger partial charge in [-0.25, -0.2) is 4.68 Å². The van der Waals surface area contributed by atoms with Crippen molar-refractivity contribution in [2.45, 2.75) is 26.3 Å². The van der Waals surface area contributed by atoms with Gasteiger partial charge in [0.1, 0.15) is 5.75 Å². The number of aliphatic hydroxyl groups excluding tert-OH is 1. The van der Waals surface area contributed by atoms with Gasteiger partial charge in [0.15, 0.2) is 0 Å². The van der Waals surface area contributed by atoms with E-state index >= 15 is 0 Å². The van der Waals surface area contributed by atoms with Crippen LogP contribution in [-0.2, 0) is 4.79 Å². The summed E-state index contributed by atoms with van der Waals surface area (Å²) in [6, 6.07) is 17.2. The molecular weight excluding hydrogens is 392 g/mol. The maximum atomic E-state index is 12.6. The van der Waals surface area contributed by atoms with E-state index in [9.17, 15) is 9.90 Å². The van der Waals surface area contributed by atoms with Crippen molar-refractivity contribution in [3.8, 4) is 11.4 Å². The Morgan fingerprint density at radius 3 is 2.45 bits per heavy atom. The number of carbonyl (C=O) groups excluding carboxylic acids is 1. The maximum Gasteiger partial charge on any atom is 0.225 e. The van der Waals surface area contributed by atoms with Crippen molar-refractivity contribution in [3.05, 3.63) is 71.5 Å².